The number of hydrogen-bond donors (Lipinski definition) is 1. The van der Waals surface area contributed by atoms with Gasteiger partial charge in [-0.25, -0.2) is 0 Å². The zero-order chi connectivity index (χ0) is 17.4. The molecule has 5 heteroatoms. The Balaban J connectivity index is 2.05. The second-order valence-corrected chi connectivity index (χ2v) is 6.15. The van der Waals surface area contributed by atoms with Crippen molar-refractivity contribution in [2.75, 3.05) is 18.5 Å². The van der Waals surface area contributed by atoms with E-state index in [9.17, 15) is 4.79 Å². The smallest absolute Gasteiger partial charge is 0.248 e. The summed E-state index contributed by atoms with van der Waals surface area (Å²) in [5.74, 6) is 1.21. The number of carbonyl (C=O) groups is 1. The Morgan fingerprint density at radius 2 is 1.71 bits per heavy atom. The summed E-state index contributed by atoms with van der Waals surface area (Å²) in [5, 5.41) is 2.83. The van der Waals surface area contributed by atoms with Crippen molar-refractivity contribution in [1.82, 2.24) is 0 Å². The number of halogens is 1. The molecule has 24 heavy (non-hydrogen) atoms. The van der Waals surface area contributed by atoms with Crippen molar-refractivity contribution in [3.63, 3.8) is 0 Å². The van der Waals surface area contributed by atoms with E-state index in [0.29, 0.717) is 24.7 Å². The standard InChI is InChI=1S/C19H20INO3/c1-3-23-17-11-5-14(13-18(17)24-4-2)6-12-19(22)21-16-9-7-15(20)8-10-16/h5-13H,3-4H2,1-2H3,(H,21,22)/b12-6+. The van der Waals surface area contributed by atoms with Gasteiger partial charge in [0, 0.05) is 15.3 Å². The van der Waals surface area contributed by atoms with Gasteiger partial charge in [0.2, 0.25) is 5.91 Å². The van der Waals surface area contributed by atoms with E-state index in [1.165, 1.54) is 6.08 Å². The summed E-state index contributed by atoms with van der Waals surface area (Å²) in [4.78, 5) is 12.0. The summed E-state index contributed by atoms with van der Waals surface area (Å²) in [5.41, 5.74) is 1.64. The van der Waals surface area contributed by atoms with Gasteiger partial charge < -0.3 is 14.8 Å². The molecule has 0 saturated heterocycles. The first-order valence-corrected chi connectivity index (χ1v) is 8.84. The lowest BCUT2D eigenvalue weighted by molar-refractivity contribution is -0.111. The van der Waals surface area contributed by atoms with Crippen molar-refractivity contribution in [2.24, 2.45) is 0 Å². The second kappa shape index (κ2) is 9.32. The van der Waals surface area contributed by atoms with Crippen molar-refractivity contribution < 1.29 is 14.3 Å². The highest BCUT2D eigenvalue weighted by atomic mass is 127. The molecule has 0 spiro atoms. The Hall–Kier alpha value is -2.02. The fourth-order valence-electron chi connectivity index (χ4n) is 2.06. The van der Waals surface area contributed by atoms with E-state index in [1.54, 1.807) is 6.08 Å². The largest absolute Gasteiger partial charge is 0.490 e. The summed E-state index contributed by atoms with van der Waals surface area (Å²) in [6.45, 7) is 4.99. The second-order valence-electron chi connectivity index (χ2n) is 4.90. The Bertz CT molecular complexity index is 711. The molecule has 0 heterocycles. The summed E-state index contributed by atoms with van der Waals surface area (Å²) in [7, 11) is 0. The maximum Gasteiger partial charge on any atom is 0.248 e. The van der Waals surface area contributed by atoms with Crippen molar-refractivity contribution in [1.29, 1.82) is 0 Å². The molecule has 0 aromatic heterocycles. The first-order valence-electron chi connectivity index (χ1n) is 7.76. The molecule has 1 amide bonds. The van der Waals surface area contributed by atoms with Crippen LogP contribution in [0.4, 0.5) is 5.69 Å². The van der Waals surface area contributed by atoms with Crippen LogP contribution in [0, 0.1) is 3.57 Å². The van der Waals surface area contributed by atoms with Gasteiger partial charge in [0.1, 0.15) is 0 Å². The number of nitrogens with one attached hydrogen (secondary N) is 1. The van der Waals surface area contributed by atoms with Crippen molar-refractivity contribution in [3.05, 3.63) is 57.7 Å². The zero-order valence-corrected chi connectivity index (χ0v) is 15.9. The molecule has 0 saturated carbocycles. The van der Waals surface area contributed by atoms with Gasteiger partial charge in [-0.2, -0.15) is 0 Å². The number of ether oxygens (including phenoxy) is 2. The minimum atomic E-state index is -0.178. The molecule has 0 radical (unpaired) electrons. The Morgan fingerprint density at radius 3 is 2.38 bits per heavy atom. The molecule has 0 unspecified atom stereocenters. The average Bonchev–Trinajstić information content (AvgIpc) is 2.57. The van der Waals surface area contributed by atoms with Gasteiger partial charge in [0.05, 0.1) is 13.2 Å². The Kier molecular flexibility index (Phi) is 7.11. The van der Waals surface area contributed by atoms with Gasteiger partial charge in [-0.05, 0) is 84.5 Å². The van der Waals surface area contributed by atoms with Crippen LogP contribution >= 0.6 is 22.6 Å². The number of anilines is 1. The normalized spacial score (nSPS) is 10.6. The highest BCUT2D eigenvalue weighted by Crippen LogP contribution is 2.29. The number of rotatable bonds is 7. The molecule has 1 N–H and O–H groups in total. The van der Waals surface area contributed by atoms with E-state index in [0.717, 1.165) is 14.8 Å². The van der Waals surface area contributed by atoms with Crippen molar-refractivity contribution in [2.45, 2.75) is 13.8 Å². The van der Waals surface area contributed by atoms with Gasteiger partial charge >= 0.3 is 0 Å². The van der Waals surface area contributed by atoms with E-state index in [-0.39, 0.29) is 5.91 Å². The molecule has 0 atom stereocenters. The maximum absolute atomic E-state index is 12.0. The van der Waals surface area contributed by atoms with Crippen LogP contribution in [0.1, 0.15) is 19.4 Å². The number of hydrogen-bond acceptors (Lipinski definition) is 3. The lowest BCUT2D eigenvalue weighted by Gasteiger charge is -2.11. The fraction of sp³-hybridized carbons (Fsp3) is 0.211. The van der Waals surface area contributed by atoms with Crippen LogP contribution in [-0.4, -0.2) is 19.1 Å². The van der Waals surface area contributed by atoms with E-state index in [4.69, 9.17) is 9.47 Å². The maximum atomic E-state index is 12.0. The third kappa shape index (κ3) is 5.56. The minimum Gasteiger partial charge on any atom is -0.490 e. The number of carbonyl (C=O) groups excluding carboxylic acids is 1. The van der Waals surface area contributed by atoms with Crippen molar-refractivity contribution in [3.8, 4) is 11.5 Å². The van der Waals surface area contributed by atoms with Crippen LogP contribution in [0.15, 0.2) is 48.5 Å². The first kappa shape index (κ1) is 18.3. The molecular formula is C19H20INO3. The lowest BCUT2D eigenvalue weighted by Crippen LogP contribution is -2.07. The zero-order valence-electron chi connectivity index (χ0n) is 13.7. The van der Waals surface area contributed by atoms with E-state index in [1.807, 2.05) is 56.3 Å². The van der Waals surface area contributed by atoms with Gasteiger partial charge in [-0.3, -0.25) is 4.79 Å². The summed E-state index contributed by atoms with van der Waals surface area (Å²) < 4.78 is 12.2. The highest BCUT2D eigenvalue weighted by Gasteiger charge is 2.05. The Labute approximate surface area is 156 Å². The quantitative estimate of drug-likeness (QED) is 0.503. The van der Waals surface area contributed by atoms with Gasteiger partial charge in [0.15, 0.2) is 11.5 Å². The van der Waals surface area contributed by atoms with Crippen LogP contribution in [0.3, 0.4) is 0 Å². The average molecular weight is 437 g/mol. The summed E-state index contributed by atoms with van der Waals surface area (Å²) in [6.07, 6.45) is 3.25. The fourth-order valence-corrected chi connectivity index (χ4v) is 2.42. The van der Waals surface area contributed by atoms with Crippen molar-refractivity contribution >= 4 is 40.3 Å². The van der Waals surface area contributed by atoms with E-state index in [2.05, 4.69) is 27.9 Å². The lowest BCUT2D eigenvalue weighted by atomic mass is 10.2. The molecule has 2 aromatic rings. The summed E-state index contributed by atoms with van der Waals surface area (Å²) >= 11 is 2.22. The number of benzene rings is 2. The van der Waals surface area contributed by atoms with Gasteiger partial charge in [-0.15, -0.1) is 0 Å². The predicted molar refractivity (Wildman–Crippen MR) is 106 cm³/mol. The molecule has 0 aliphatic carbocycles. The summed E-state index contributed by atoms with van der Waals surface area (Å²) in [6, 6.07) is 13.2. The third-order valence-electron chi connectivity index (χ3n) is 3.11. The molecule has 0 fully saturated rings. The van der Waals surface area contributed by atoms with Crippen LogP contribution in [0.25, 0.3) is 6.08 Å². The SMILES string of the molecule is CCOc1ccc(/C=C/C(=O)Nc2ccc(I)cc2)cc1OCC. The highest BCUT2D eigenvalue weighted by molar-refractivity contribution is 14.1. The van der Waals surface area contributed by atoms with Crippen LogP contribution in [0.2, 0.25) is 0 Å². The van der Waals surface area contributed by atoms with Crippen LogP contribution in [-0.2, 0) is 4.79 Å². The van der Waals surface area contributed by atoms with Gasteiger partial charge in [-0.1, -0.05) is 6.07 Å². The van der Waals surface area contributed by atoms with Crippen LogP contribution in [0.5, 0.6) is 11.5 Å². The van der Waals surface area contributed by atoms with E-state index < -0.39 is 0 Å². The topological polar surface area (TPSA) is 47.6 Å². The minimum absolute atomic E-state index is 0.178. The van der Waals surface area contributed by atoms with Gasteiger partial charge in [0.25, 0.3) is 0 Å². The molecule has 0 aliphatic rings. The molecule has 126 valence electrons. The van der Waals surface area contributed by atoms with Crippen LogP contribution < -0.4 is 14.8 Å². The predicted octanol–water partition coefficient (Wildman–Crippen LogP) is 4.74. The molecular weight excluding hydrogens is 417 g/mol. The molecule has 2 aromatic carbocycles. The molecule has 2 rings (SSSR count). The molecule has 0 aliphatic heterocycles. The third-order valence-corrected chi connectivity index (χ3v) is 3.83. The first-order chi connectivity index (χ1) is 11.6. The Morgan fingerprint density at radius 1 is 1.04 bits per heavy atom. The molecule has 4 nitrogen and oxygen atoms in total. The monoisotopic (exact) mass is 437 g/mol. The molecule has 0 bridgehead atoms. The number of amides is 1. The van der Waals surface area contributed by atoms with E-state index >= 15 is 0 Å².